The Morgan fingerprint density at radius 3 is 2.47 bits per heavy atom. The first kappa shape index (κ1) is 12.4. The van der Waals surface area contributed by atoms with Crippen molar-refractivity contribution >= 4 is 5.82 Å². The van der Waals surface area contributed by atoms with Gasteiger partial charge in [0.2, 0.25) is 0 Å². The molecule has 1 heterocycles. The summed E-state index contributed by atoms with van der Waals surface area (Å²) in [6.45, 7) is 7.15. The van der Waals surface area contributed by atoms with Gasteiger partial charge in [0.1, 0.15) is 5.82 Å². The Morgan fingerprint density at radius 2 is 2.00 bits per heavy atom. The highest BCUT2D eigenvalue weighted by Gasteiger charge is 2.28. The standard InChI is InChI=1S/C14H23N3/c1-14(2,3)12-7-10(9-15)8-13(16-12)17(4)11-5-6-11/h7-8,11H,5-6,9,15H2,1-4H3. The van der Waals surface area contributed by atoms with Crippen LogP contribution in [0.3, 0.4) is 0 Å². The van der Waals surface area contributed by atoms with Crippen LogP contribution < -0.4 is 10.6 Å². The summed E-state index contributed by atoms with van der Waals surface area (Å²) in [6, 6.07) is 4.93. The zero-order valence-corrected chi connectivity index (χ0v) is 11.3. The Kier molecular flexibility index (Phi) is 3.13. The molecule has 0 bridgehead atoms. The number of hydrogen-bond donors (Lipinski definition) is 1. The van der Waals surface area contributed by atoms with E-state index in [1.807, 2.05) is 0 Å². The number of nitrogens with zero attached hydrogens (tertiary/aromatic N) is 2. The zero-order chi connectivity index (χ0) is 12.6. The van der Waals surface area contributed by atoms with Crippen molar-refractivity contribution in [2.45, 2.75) is 51.6 Å². The van der Waals surface area contributed by atoms with Crippen molar-refractivity contribution in [3.05, 3.63) is 23.4 Å². The summed E-state index contributed by atoms with van der Waals surface area (Å²) in [7, 11) is 2.13. The lowest BCUT2D eigenvalue weighted by atomic mass is 9.90. The van der Waals surface area contributed by atoms with E-state index in [-0.39, 0.29) is 5.41 Å². The fraction of sp³-hybridized carbons (Fsp3) is 0.643. The van der Waals surface area contributed by atoms with Gasteiger partial charge in [-0.05, 0) is 30.5 Å². The molecule has 94 valence electrons. The van der Waals surface area contributed by atoms with E-state index in [0.717, 1.165) is 11.5 Å². The number of anilines is 1. The number of aromatic nitrogens is 1. The van der Waals surface area contributed by atoms with E-state index < -0.39 is 0 Å². The van der Waals surface area contributed by atoms with Crippen LogP contribution in [0.15, 0.2) is 12.1 Å². The van der Waals surface area contributed by atoms with Gasteiger partial charge < -0.3 is 10.6 Å². The largest absolute Gasteiger partial charge is 0.357 e. The van der Waals surface area contributed by atoms with Crippen LogP contribution in [0, 0.1) is 0 Å². The number of rotatable bonds is 3. The maximum Gasteiger partial charge on any atom is 0.129 e. The van der Waals surface area contributed by atoms with Crippen LogP contribution in [0.1, 0.15) is 44.9 Å². The van der Waals surface area contributed by atoms with Gasteiger partial charge in [-0.3, -0.25) is 0 Å². The van der Waals surface area contributed by atoms with Gasteiger partial charge >= 0.3 is 0 Å². The lowest BCUT2D eigenvalue weighted by Gasteiger charge is -2.24. The molecule has 1 aromatic heterocycles. The Balaban J connectivity index is 2.37. The molecule has 0 atom stereocenters. The highest BCUT2D eigenvalue weighted by Crippen LogP contribution is 2.31. The summed E-state index contributed by atoms with van der Waals surface area (Å²) in [5.74, 6) is 1.07. The average Bonchev–Trinajstić information content (AvgIpc) is 3.10. The Bertz CT molecular complexity index is 402. The fourth-order valence-corrected chi connectivity index (χ4v) is 1.90. The fourth-order valence-electron chi connectivity index (χ4n) is 1.90. The van der Waals surface area contributed by atoms with Gasteiger partial charge in [-0.25, -0.2) is 4.98 Å². The molecule has 1 aliphatic carbocycles. The monoisotopic (exact) mass is 233 g/mol. The van der Waals surface area contributed by atoms with Crippen molar-refractivity contribution in [1.82, 2.24) is 4.98 Å². The molecular formula is C14H23N3. The van der Waals surface area contributed by atoms with Crippen molar-refractivity contribution in [2.24, 2.45) is 5.73 Å². The van der Waals surface area contributed by atoms with Crippen LogP contribution >= 0.6 is 0 Å². The van der Waals surface area contributed by atoms with Gasteiger partial charge in [0.15, 0.2) is 0 Å². The van der Waals surface area contributed by atoms with E-state index in [1.54, 1.807) is 0 Å². The first-order valence-electron chi connectivity index (χ1n) is 6.36. The molecule has 3 nitrogen and oxygen atoms in total. The second-order valence-electron chi connectivity index (χ2n) is 6.02. The number of nitrogens with two attached hydrogens (primary N) is 1. The second-order valence-corrected chi connectivity index (χ2v) is 6.02. The predicted molar refractivity (Wildman–Crippen MR) is 72.3 cm³/mol. The maximum absolute atomic E-state index is 5.78. The summed E-state index contributed by atoms with van der Waals surface area (Å²) >= 11 is 0. The van der Waals surface area contributed by atoms with Gasteiger partial charge in [0.05, 0.1) is 0 Å². The van der Waals surface area contributed by atoms with E-state index in [9.17, 15) is 0 Å². The minimum absolute atomic E-state index is 0.0737. The Labute approximate surface area is 104 Å². The third-order valence-corrected chi connectivity index (χ3v) is 3.33. The van der Waals surface area contributed by atoms with Crippen LogP contribution in [0.5, 0.6) is 0 Å². The van der Waals surface area contributed by atoms with Crippen molar-refractivity contribution < 1.29 is 0 Å². The van der Waals surface area contributed by atoms with Crippen LogP contribution in [0.2, 0.25) is 0 Å². The summed E-state index contributed by atoms with van der Waals surface area (Å²) in [4.78, 5) is 7.07. The molecule has 2 rings (SSSR count). The molecule has 0 unspecified atom stereocenters. The maximum atomic E-state index is 5.78. The van der Waals surface area contributed by atoms with Crippen molar-refractivity contribution in [3.63, 3.8) is 0 Å². The molecule has 3 heteroatoms. The zero-order valence-electron chi connectivity index (χ0n) is 11.3. The minimum atomic E-state index is 0.0737. The molecule has 17 heavy (non-hydrogen) atoms. The molecule has 0 saturated heterocycles. The summed E-state index contributed by atoms with van der Waals surface area (Å²) in [5.41, 5.74) is 8.15. The van der Waals surface area contributed by atoms with Gasteiger partial charge in [-0.1, -0.05) is 20.8 Å². The highest BCUT2D eigenvalue weighted by molar-refractivity contribution is 5.45. The van der Waals surface area contributed by atoms with Crippen LogP contribution in [-0.4, -0.2) is 18.1 Å². The molecule has 0 radical (unpaired) electrons. The van der Waals surface area contributed by atoms with Crippen molar-refractivity contribution in [2.75, 3.05) is 11.9 Å². The van der Waals surface area contributed by atoms with Crippen molar-refractivity contribution in [3.8, 4) is 0 Å². The van der Waals surface area contributed by atoms with Crippen molar-refractivity contribution in [1.29, 1.82) is 0 Å². The van der Waals surface area contributed by atoms with Gasteiger partial charge in [-0.2, -0.15) is 0 Å². The lowest BCUT2D eigenvalue weighted by molar-refractivity contribution is 0.567. The Morgan fingerprint density at radius 1 is 1.35 bits per heavy atom. The van der Waals surface area contributed by atoms with Gasteiger partial charge in [0, 0.05) is 30.7 Å². The molecule has 1 aliphatic rings. The molecule has 0 aromatic carbocycles. The molecule has 1 saturated carbocycles. The van der Waals surface area contributed by atoms with Crippen LogP contribution in [-0.2, 0) is 12.0 Å². The highest BCUT2D eigenvalue weighted by atomic mass is 15.2. The lowest BCUT2D eigenvalue weighted by Crippen LogP contribution is -2.23. The first-order valence-corrected chi connectivity index (χ1v) is 6.36. The molecular weight excluding hydrogens is 210 g/mol. The molecule has 0 amide bonds. The van der Waals surface area contributed by atoms with E-state index in [0.29, 0.717) is 12.6 Å². The Hall–Kier alpha value is -1.09. The number of pyridine rings is 1. The molecule has 1 aromatic rings. The van der Waals surface area contributed by atoms with Crippen LogP contribution in [0.4, 0.5) is 5.82 Å². The van der Waals surface area contributed by atoms with Crippen LogP contribution in [0.25, 0.3) is 0 Å². The predicted octanol–water partition coefficient (Wildman–Crippen LogP) is 2.44. The number of hydrogen-bond acceptors (Lipinski definition) is 3. The second kappa shape index (κ2) is 4.30. The third kappa shape index (κ3) is 2.78. The smallest absolute Gasteiger partial charge is 0.129 e. The normalized spacial score (nSPS) is 16.1. The van der Waals surface area contributed by atoms with E-state index in [1.165, 1.54) is 18.4 Å². The summed E-state index contributed by atoms with van der Waals surface area (Å²) < 4.78 is 0. The molecule has 1 fully saturated rings. The minimum Gasteiger partial charge on any atom is -0.357 e. The topological polar surface area (TPSA) is 42.1 Å². The average molecular weight is 233 g/mol. The van der Waals surface area contributed by atoms with Gasteiger partial charge in [0.25, 0.3) is 0 Å². The summed E-state index contributed by atoms with van der Waals surface area (Å²) in [5, 5.41) is 0. The van der Waals surface area contributed by atoms with E-state index >= 15 is 0 Å². The quantitative estimate of drug-likeness (QED) is 0.872. The SMILES string of the molecule is CN(c1cc(CN)cc(C(C)(C)C)n1)C1CC1. The molecule has 0 aliphatic heterocycles. The summed E-state index contributed by atoms with van der Waals surface area (Å²) in [6.07, 6.45) is 2.58. The van der Waals surface area contributed by atoms with E-state index in [4.69, 9.17) is 10.7 Å². The van der Waals surface area contributed by atoms with E-state index in [2.05, 4.69) is 44.9 Å². The third-order valence-electron chi connectivity index (χ3n) is 3.33. The van der Waals surface area contributed by atoms with Gasteiger partial charge in [-0.15, -0.1) is 0 Å². The molecule has 2 N–H and O–H groups in total. The first-order chi connectivity index (χ1) is 7.91. The molecule has 0 spiro atoms.